The number of carbonyl (C=O) groups is 2. The van der Waals surface area contributed by atoms with Gasteiger partial charge in [-0.05, 0) is 6.42 Å². The first-order valence-corrected chi connectivity index (χ1v) is 6.53. The monoisotopic (exact) mass is 241 g/mol. The van der Waals surface area contributed by atoms with Crippen molar-refractivity contribution in [1.82, 2.24) is 5.32 Å². The lowest BCUT2D eigenvalue weighted by Crippen LogP contribution is -2.33. The molecule has 1 saturated heterocycles. The molecule has 17 heavy (non-hydrogen) atoms. The lowest BCUT2D eigenvalue weighted by atomic mass is 10.1. The van der Waals surface area contributed by atoms with Crippen LogP contribution in [-0.2, 0) is 14.3 Å². The Kier molecular flexibility index (Phi) is 6.19. The van der Waals surface area contributed by atoms with E-state index in [-0.39, 0.29) is 30.3 Å². The smallest absolute Gasteiger partial charge is 0.307 e. The first-order valence-electron chi connectivity index (χ1n) is 6.53. The van der Waals surface area contributed by atoms with Crippen molar-refractivity contribution >= 4 is 11.8 Å². The molecular weight excluding hydrogens is 218 g/mol. The highest BCUT2D eigenvalue weighted by Crippen LogP contribution is 2.17. The maximum Gasteiger partial charge on any atom is 0.307 e. The van der Waals surface area contributed by atoms with Crippen molar-refractivity contribution in [3.63, 3.8) is 0 Å². The van der Waals surface area contributed by atoms with E-state index in [1.165, 1.54) is 26.4 Å². The molecule has 0 aromatic heterocycles. The first kappa shape index (κ1) is 14.2. The average Bonchev–Trinajstić information content (AvgIpc) is 2.65. The molecule has 4 nitrogen and oxygen atoms in total. The summed E-state index contributed by atoms with van der Waals surface area (Å²) in [5.41, 5.74) is 0. The van der Waals surface area contributed by atoms with E-state index < -0.39 is 0 Å². The highest BCUT2D eigenvalue weighted by molar-refractivity contribution is 5.90. The zero-order chi connectivity index (χ0) is 12.7. The second-order valence-corrected chi connectivity index (χ2v) is 4.72. The van der Waals surface area contributed by atoms with E-state index in [1.54, 1.807) is 0 Å². The van der Waals surface area contributed by atoms with Crippen LogP contribution >= 0.6 is 0 Å². The topological polar surface area (TPSA) is 55.4 Å². The molecular formula is C13H23NO3. The van der Waals surface area contributed by atoms with E-state index in [9.17, 15) is 9.59 Å². The van der Waals surface area contributed by atoms with Gasteiger partial charge in [-0.15, -0.1) is 0 Å². The number of rotatable bonds is 7. The third-order valence-corrected chi connectivity index (χ3v) is 3.28. The van der Waals surface area contributed by atoms with Crippen molar-refractivity contribution in [3.05, 3.63) is 0 Å². The summed E-state index contributed by atoms with van der Waals surface area (Å²) in [5, 5.41) is 3.23. The summed E-state index contributed by atoms with van der Waals surface area (Å²) in [7, 11) is 1.35. The van der Waals surface area contributed by atoms with E-state index in [0.29, 0.717) is 6.42 Å². The summed E-state index contributed by atoms with van der Waals surface area (Å²) < 4.78 is 4.58. The standard InChI is InChI=1S/C13H23NO3/c1-3-4-5-6-7-10-8-12(15)11(14-10)9-13(16)17-2/h10-11,14H,3-9H2,1-2H3/t10-,11+/m1/s1. The van der Waals surface area contributed by atoms with Crippen molar-refractivity contribution in [3.8, 4) is 0 Å². The molecule has 4 heteroatoms. The molecule has 0 aliphatic carbocycles. The Morgan fingerprint density at radius 2 is 2.18 bits per heavy atom. The van der Waals surface area contributed by atoms with Crippen LogP contribution in [0.25, 0.3) is 0 Å². The number of ketones is 1. The lowest BCUT2D eigenvalue weighted by molar-refractivity contribution is -0.142. The number of Topliss-reactive ketones (excluding diaryl/α,β-unsaturated/α-hetero) is 1. The van der Waals surface area contributed by atoms with Gasteiger partial charge in [0.05, 0.1) is 19.6 Å². The zero-order valence-electron chi connectivity index (χ0n) is 10.8. The fourth-order valence-corrected chi connectivity index (χ4v) is 2.25. The quantitative estimate of drug-likeness (QED) is 0.545. The molecule has 1 N–H and O–H groups in total. The van der Waals surface area contributed by atoms with Crippen molar-refractivity contribution in [2.45, 2.75) is 64.0 Å². The Morgan fingerprint density at radius 3 is 2.82 bits per heavy atom. The summed E-state index contributed by atoms with van der Waals surface area (Å²) in [5.74, 6) is -0.168. The average molecular weight is 241 g/mol. The van der Waals surface area contributed by atoms with Gasteiger partial charge in [-0.2, -0.15) is 0 Å². The summed E-state index contributed by atoms with van der Waals surface area (Å²) in [6.45, 7) is 2.18. The van der Waals surface area contributed by atoms with Crippen LogP contribution in [0.4, 0.5) is 0 Å². The number of nitrogens with one attached hydrogen (secondary N) is 1. The number of ether oxygens (including phenoxy) is 1. The second kappa shape index (κ2) is 7.43. The van der Waals surface area contributed by atoms with Gasteiger partial charge in [-0.3, -0.25) is 9.59 Å². The van der Waals surface area contributed by atoms with Gasteiger partial charge in [0.1, 0.15) is 0 Å². The SMILES string of the molecule is CCCCCC[C@@H]1CC(=O)[C@H](CC(=O)OC)N1. The maximum atomic E-state index is 11.7. The Hall–Kier alpha value is -0.900. The predicted octanol–water partition coefficient (Wildman–Crippen LogP) is 1.82. The van der Waals surface area contributed by atoms with E-state index in [4.69, 9.17) is 0 Å². The number of hydrogen-bond donors (Lipinski definition) is 1. The van der Waals surface area contributed by atoms with Crippen molar-refractivity contribution in [2.75, 3.05) is 7.11 Å². The fraction of sp³-hybridized carbons (Fsp3) is 0.846. The van der Waals surface area contributed by atoms with Crippen LogP contribution < -0.4 is 5.32 Å². The Morgan fingerprint density at radius 1 is 1.41 bits per heavy atom. The minimum absolute atomic E-state index is 0.149. The Labute approximate surface area is 103 Å². The molecule has 1 aliphatic rings. The highest BCUT2D eigenvalue weighted by atomic mass is 16.5. The Balaban J connectivity index is 2.24. The summed E-state index contributed by atoms with van der Waals surface area (Å²) >= 11 is 0. The molecule has 1 rings (SSSR count). The van der Waals surface area contributed by atoms with Gasteiger partial charge in [0.2, 0.25) is 0 Å². The third-order valence-electron chi connectivity index (χ3n) is 3.28. The summed E-state index contributed by atoms with van der Waals surface area (Å²) in [6, 6.07) is -0.0624. The molecule has 0 amide bonds. The molecule has 1 fully saturated rings. The van der Waals surface area contributed by atoms with Gasteiger partial charge in [-0.1, -0.05) is 32.6 Å². The van der Waals surface area contributed by atoms with Crippen molar-refractivity contribution in [1.29, 1.82) is 0 Å². The van der Waals surface area contributed by atoms with Crippen LogP contribution in [0.1, 0.15) is 51.9 Å². The van der Waals surface area contributed by atoms with Crippen LogP contribution in [0.5, 0.6) is 0 Å². The van der Waals surface area contributed by atoms with Crippen LogP contribution in [0.3, 0.4) is 0 Å². The number of esters is 1. The summed E-state index contributed by atoms with van der Waals surface area (Å²) in [6.07, 6.45) is 6.63. The zero-order valence-corrected chi connectivity index (χ0v) is 10.8. The first-order chi connectivity index (χ1) is 8.17. The summed E-state index contributed by atoms with van der Waals surface area (Å²) in [4.78, 5) is 22.8. The van der Waals surface area contributed by atoms with Crippen LogP contribution in [0.15, 0.2) is 0 Å². The molecule has 2 atom stereocenters. The maximum absolute atomic E-state index is 11.7. The number of carbonyl (C=O) groups excluding carboxylic acids is 2. The van der Waals surface area contributed by atoms with Gasteiger partial charge in [0.15, 0.2) is 5.78 Å². The van der Waals surface area contributed by atoms with Crippen LogP contribution in [-0.4, -0.2) is 30.9 Å². The predicted molar refractivity (Wildman–Crippen MR) is 65.7 cm³/mol. The molecule has 0 aromatic rings. The Bertz CT molecular complexity index is 265. The largest absolute Gasteiger partial charge is 0.469 e. The molecule has 0 saturated carbocycles. The molecule has 0 unspecified atom stereocenters. The molecule has 0 aromatic carbocycles. The van der Waals surface area contributed by atoms with Crippen LogP contribution in [0, 0.1) is 0 Å². The molecule has 98 valence electrons. The molecule has 0 spiro atoms. The van der Waals surface area contributed by atoms with Gasteiger partial charge < -0.3 is 10.1 Å². The fourth-order valence-electron chi connectivity index (χ4n) is 2.25. The number of unbranched alkanes of at least 4 members (excludes halogenated alkanes) is 3. The van der Waals surface area contributed by atoms with Gasteiger partial charge in [0, 0.05) is 12.5 Å². The van der Waals surface area contributed by atoms with Crippen molar-refractivity contribution < 1.29 is 14.3 Å². The third kappa shape index (κ3) is 4.86. The van der Waals surface area contributed by atoms with Gasteiger partial charge >= 0.3 is 5.97 Å². The van der Waals surface area contributed by atoms with E-state index in [2.05, 4.69) is 17.0 Å². The molecule has 1 heterocycles. The normalized spacial score (nSPS) is 24.0. The molecule has 0 bridgehead atoms. The van der Waals surface area contributed by atoms with E-state index in [0.717, 1.165) is 12.8 Å². The minimum Gasteiger partial charge on any atom is -0.469 e. The second-order valence-electron chi connectivity index (χ2n) is 4.72. The van der Waals surface area contributed by atoms with Crippen molar-refractivity contribution in [2.24, 2.45) is 0 Å². The lowest BCUT2D eigenvalue weighted by Gasteiger charge is -2.11. The minimum atomic E-state index is -0.321. The number of hydrogen-bond acceptors (Lipinski definition) is 4. The molecule has 1 aliphatic heterocycles. The van der Waals surface area contributed by atoms with Crippen LogP contribution in [0.2, 0.25) is 0 Å². The number of methoxy groups -OCH3 is 1. The molecule has 0 radical (unpaired) electrons. The van der Waals surface area contributed by atoms with Gasteiger partial charge in [0.25, 0.3) is 0 Å². The van der Waals surface area contributed by atoms with E-state index >= 15 is 0 Å². The van der Waals surface area contributed by atoms with Gasteiger partial charge in [-0.25, -0.2) is 0 Å². The van der Waals surface area contributed by atoms with E-state index in [1.807, 2.05) is 0 Å². The highest BCUT2D eigenvalue weighted by Gasteiger charge is 2.32.